The lowest BCUT2D eigenvalue weighted by molar-refractivity contribution is -0.116. The zero-order chi connectivity index (χ0) is 13.8. The summed E-state index contributed by atoms with van der Waals surface area (Å²) in [5.41, 5.74) is 5.76. The van der Waals surface area contributed by atoms with Crippen molar-refractivity contribution in [2.24, 2.45) is 5.10 Å². The SMILES string of the molecule is COC(=O)NN=C(C)c1ccc2c(c1)CCC(=O)N2. The van der Waals surface area contributed by atoms with Crippen molar-refractivity contribution in [3.63, 3.8) is 0 Å². The lowest BCUT2D eigenvalue weighted by Crippen LogP contribution is -2.20. The highest BCUT2D eigenvalue weighted by Crippen LogP contribution is 2.23. The molecule has 0 aliphatic carbocycles. The molecule has 0 unspecified atom stereocenters. The first-order valence-electron chi connectivity index (χ1n) is 5.91. The van der Waals surface area contributed by atoms with Crippen LogP contribution in [0.2, 0.25) is 0 Å². The van der Waals surface area contributed by atoms with E-state index < -0.39 is 6.09 Å². The fourth-order valence-corrected chi connectivity index (χ4v) is 1.85. The Morgan fingerprint density at radius 1 is 1.42 bits per heavy atom. The van der Waals surface area contributed by atoms with E-state index in [2.05, 4.69) is 20.6 Å². The Kier molecular flexibility index (Phi) is 3.79. The summed E-state index contributed by atoms with van der Waals surface area (Å²) < 4.78 is 4.43. The van der Waals surface area contributed by atoms with Gasteiger partial charge >= 0.3 is 6.09 Å². The van der Waals surface area contributed by atoms with E-state index in [0.717, 1.165) is 16.8 Å². The Morgan fingerprint density at radius 2 is 2.21 bits per heavy atom. The van der Waals surface area contributed by atoms with Crippen molar-refractivity contribution in [3.05, 3.63) is 29.3 Å². The van der Waals surface area contributed by atoms with Gasteiger partial charge < -0.3 is 10.1 Å². The number of methoxy groups -OCH3 is 1. The van der Waals surface area contributed by atoms with Gasteiger partial charge in [0, 0.05) is 12.1 Å². The largest absolute Gasteiger partial charge is 0.452 e. The zero-order valence-corrected chi connectivity index (χ0v) is 10.8. The van der Waals surface area contributed by atoms with Gasteiger partial charge in [-0.3, -0.25) is 4.79 Å². The smallest absolute Gasteiger partial charge is 0.427 e. The average Bonchev–Trinajstić information content (AvgIpc) is 2.43. The fourth-order valence-electron chi connectivity index (χ4n) is 1.85. The highest BCUT2D eigenvalue weighted by Gasteiger charge is 2.15. The van der Waals surface area contributed by atoms with E-state index in [1.807, 2.05) is 18.2 Å². The van der Waals surface area contributed by atoms with Crippen LogP contribution < -0.4 is 10.7 Å². The highest BCUT2D eigenvalue weighted by molar-refractivity contribution is 6.01. The molecule has 0 saturated heterocycles. The molecule has 1 aromatic carbocycles. The van der Waals surface area contributed by atoms with E-state index in [1.54, 1.807) is 6.92 Å². The number of hydrogen-bond acceptors (Lipinski definition) is 4. The van der Waals surface area contributed by atoms with Gasteiger partial charge in [-0.25, -0.2) is 10.2 Å². The number of amides is 2. The number of nitrogens with one attached hydrogen (secondary N) is 2. The summed E-state index contributed by atoms with van der Waals surface area (Å²) in [4.78, 5) is 22.2. The average molecular weight is 261 g/mol. The molecular formula is C13H15N3O3. The summed E-state index contributed by atoms with van der Waals surface area (Å²) in [5.74, 6) is 0.0398. The molecule has 0 radical (unpaired) electrons. The molecule has 0 atom stereocenters. The Morgan fingerprint density at radius 3 is 2.95 bits per heavy atom. The predicted molar refractivity (Wildman–Crippen MR) is 71.1 cm³/mol. The number of hydrazone groups is 1. The van der Waals surface area contributed by atoms with Crippen LogP contribution in [0.5, 0.6) is 0 Å². The van der Waals surface area contributed by atoms with Gasteiger partial charge in [-0.05, 0) is 36.6 Å². The summed E-state index contributed by atoms with van der Waals surface area (Å²) >= 11 is 0. The standard InChI is InChI=1S/C13H15N3O3/c1-8(15-16-13(18)19-2)9-3-5-11-10(7-9)4-6-12(17)14-11/h3,5,7H,4,6H2,1-2H3,(H,14,17)(H,16,18). The molecule has 19 heavy (non-hydrogen) atoms. The van der Waals surface area contributed by atoms with E-state index in [0.29, 0.717) is 18.6 Å². The van der Waals surface area contributed by atoms with Gasteiger partial charge in [-0.2, -0.15) is 5.10 Å². The van der Waals surface area contributed by atoms with Gasteiger partial charge in [0.05, 0.1) is 12.8 Å². The number of aryl methyl sites for hydroxylation is 1. The molecular weight excluding hydrogens is 246 g/mol. The monoisotopic (exact) mass is 261 g/mol. The van der Waals surface area contributed by atoms with Crippen LogP contribution in [0, 0.1) is 0 Å². The molecule has 0 aromatic heterocycles. The Labute approximate surface area is 110 Å². The van der Waals surface area contributed by atoms with Gasteiger partial charge in [0.15, 0.2) is 0 Å². The van der Waals surface area contributed by atoms with Crippen LogP contribution >= 0.6 is 0 Å². The molecule has 6 nitrogen and oxygen atoms in total. The van der Waals surface area contributed by atoms with Gasteiger partial charge in [-0.15, -0.1) is 0 Å². The van der Waals surface area contributed by atoms with Gasteiger partial charge in [0.25, 0.3) is 0 Å². The van der Waals surface area contributed by atoms with Crippen LogP contribution in [0.4, 0.5) is 10.5 Å². The lowest BCUT2D eigenvalue weighted by Gasteiger charge is -2.17. The maximum Gasteiger partial charge on any atom is 0.427 e. The summed E-state index contributed by atoms with van der Waals surface area (Å²) in [6.07, 6.45) is 0.601. The third-order valence-electron chi connectivity index (χ3n) is 2.92. The van der Waals surface area contributed by atoms with E-state index in [1.165, 1.54) is 7.11 Å². The number of rotatable bonds is 2. The molecule has 2 rings (SSSR count). The molecule has 0 fully saturated rings. The summed E-state index contributed by atoms with van der Waals surface area (Å²) in [6, 6.07) is 5.66. The quantitative estimate of drug-likeness (QED) is 0.627. The number of carbonyl (C=O) groups excluding carboxylic acids is 2. The highest BCUT2D eigenvalue weighted by atomic mass is 16.5. The number of anilines is 1. The van der Waals surface area contributed by atoms with Gasteiger partial charge in [-0.1, -0.05) is 6.07 Å². The van der Waals surface area contributed by atoms with Crippen molar-refractivity contribution in [3.8, 4) is 0 Å². The fraction of sp³-hybridized carbons (Fsp3) is 0.308. The normalized spacial score (nSPS) is 14.4. The maximum absolute atomic E-state index is 11.3. The zero-order valence-electron chi connectivity index (χ0n) is 10.8. The molecule has 2 N–H and O–H groups in total. The van der Waals surface area contributed by atoms with E-state index in [9.17, 15) is 9.59 Å². The Balaban J connectivity index is 2.17. The lowest BCUT2D eigenvalue weighted by atomic mass is 9.99. The summed E-state index contributed by atoms with van der Waals surface area (Å²) in [6.45, 7) is 1.79. The number of ether oxygens (including phenoxy) is 1. The van der Waals surface area contributed by atoms with Gasteiger partial charge in [0.2, 0.25) is 5.91 Å². The van der Waals surface area contributed by atoms with E-state index in [4.69, 9.17) is 0 Å². The van der Waals surface area contributed by atoms with Crippen LogP contribution in [0.3, 0.4) is 0 Å². The molecule has 1 aromatic rings. The van der Waals surface area contributed by atoms with E-state index >= 15 is 0 Å². The minimum Gasteiger partial charge on any atom is -0.452 e. The van der Waals surface area contributed by atoms with Crippen molar-refractivity contribution in [1.29, 1.82) is 0 Å². The van der Waals surface area contributed by atoms with Crippen LogP contribution in [0.15, 0.2) is 23.3 Å². The Hall–Kier alpha value is -2.37. The molecule has 100 valence electrons. The minimum absolute atomic E-state index is 0.0398. The van der Waals surface area contributed by atoms with Crippen LogP contribution in [0.1, 0.15) is 24.5 Å². The third kappa shape index (κ3) is 3.09. The van der Waals surface area contributed by atoms with Crippen LogP contribution in [0.25, 0.3) is 0 Å². The second-order valence-electron chi connectivity index (χ2n) is 4.22. The molecule has 0 spiro atoms. The first-order chi connectivity index (χ1) is 9.10. The summed E-state index contributed by atoms with van der Waals surface area (Å²) in [7, 11) is 1.28. The topological polar surface area (TPSA) is 79.8 Å². The number of carbonyl (C=O) groups is 2. The predicted octanol–water partition coefficient (Wildman–Crippen LogP) is 1.65. The molecule has 1 aliphatic rings. The molecule has 1 aliphatic heterocycles. The van der Waals surface area contributed by atoms with Crippen molar-refractivity contribution in [1.82, 2.24) is 5.43 Å². The second-order valence-corrected chi connectivity index (χ2v) is 4.22. The first kappa shape index (κ1) is 13.1. The molecule has 6 heteroatoms. The van der Waals surface area contributed by atoms with Gasteiger partial charge in [0.1, 0.15) is 0 Å². The number of hydrogen-bond donors (Lipinski definition) is 2. The van der Waals surface area contributed by atoms with Crippen molar-refractivity contribution in [2.45, 2.75) is 19.8 Å². The number of fused-ring (bicyclic) bond motifs is 1. The second kappa shape index (κ2) is 5.51. The van der Waals surface area contributed by atoms with Crippen LogP contribution in [-0.2, 0) is 16.0 Å². The molecule has 1 heterocycles. The first-order valence-corrected chi connectivity index (χ1v) is 5.91. The van der Waals surface area contributed by atoms with Crippen LogP contribution in [-0.4, -0.2) is 24.8 Å². The number of benzene rings is 1. The van der Waals surface area contributed by atoms with Crippen molar-refractivity contribution in [2.75, 3.05) is 12.4 Å². The number of nitrogens with zero attached hydrogens (tertiary/aromatic N) is 1. The van der Waals surface area contributed by atoms with Crippen molar-refractivity contribution >= 4 is 23.4 Å². The van der Waals surface area contributed by atoms with Crippen molar-refractivity contribution < 1.29 is 14.3 Å². The third-order valence-corrected chi connectivity index (χ3v) is 2.92. The van der Waals surface area contributed by atoms with E-state index in [-0.39, 0.29) is 5.91 Å². The minimum atomic E-state index is -0.607. The maximum atomic E-state index is 11.3. The molecule has 2 amide bonds. The summed E-state index contributed by atoms with van der Waals surface area (Å²) in [5, 5.41) is 6.75. The molecule has 0 bridgehead atoms. The molecule has 0 saturated carbocycles. The Bertz CT molecular complexity index is 552.